The van der Waals surface area contributed by atoms with Gasteiger partial charge in [0, 0.05) is 28.0 Å². The highest BCUT2D eigenvalue weighted by atomic mass is 16.3. The molecule has 10 rings (SSSR count). The number of benzene rings is 9. The van der Waals surface area contributed by atoms with Crippen molar-refractivity contribution in [2.75, 3.05) is 4.90 Å². The third kappa shape index (κ3) is 5.90. The summed E-state index contributed by atoms with van der Waals surface area (Å²) in [6, 6.07) is 75.9. The molecule has 9 aromatic carbocycles. The van der Waals surface area contributed by atoms with Gasteiger partial charge in [0.1, 0.15) is 11.3 Å². The second-order valence-corrected chi connectivity index (χ2v) is 13.8. The van der Waals surface area contributed by atoms with E-state index in [1.807, 2.05) is 18.2 Å². The predicted molar refractivity (Wildman–Crippen MR) is 228 cm³/mol. The number of anilines is 3. The van der Waals surface area contributed by atoms with E-state index >= 15 is 0 Å². The molecule has 0 saturated carbocycles. The molecule has 0 spiro atoms. The van der Waals surface area contributed by atoms with Crippen LogP contribution in [0.25, 0.3) is 77.2 Å². The largest absolute Gasteiger partial charge is 0.456 e. The Labute approximate surface area is 314 Å². The van der Waals surface area contributed by atoms with Crippen LogP contribution in [0.15, 0.2) is 217 Å². The molecule has 54 heavy (non-hydrogen) atoms. The van der Waals surface area contributed by atoms with E-state index in [4.69, 9.17) is 4.42 Å². The lowest BCUT2D eigenvalue weighted by Gasteiger charge is -2.26. The van der Waals surface area contributed by atoms with Crippen molar-refractivity contribution >= 4 is 49.6 Å². The van der Waals surface area contributed by atoms with Gasteiger partial charge in [-0.1, -0.05) is 158 Å². The maximum Gasteiger partial charge on any atom is 0.135 e. The van der Waals surface area contributed by atoms with Crippen molar-refractivity contribution in [2.24, 2.45) is 0 Å². The highest BCUT2D eigenvalue weighted by molar-refractivity contribution is 6.08. The van der Waals surface area contributed by atoms with Gasteiger partial charge in [0.15, 0.2) is 0 Å². The fourth-order valence-electron chi connectivity index (χ4n) is 7.65. The maximum atomic E-state index is 6.16. The number of para-hydroxylation sites is 1. The Morgan fingerprint density at radius 2 is 0.778 bits per heavy atom. The van der Waals surface area contributed by atoms with Crippen molar-refractivity contribution in [3.63, 3.8) is 0 Å². The van der Waals surface area contributed by atoms with Gasteiger partial charge in [-0.15, -0.1) is 0 Å². The van der Waals surface area contributed by atoms with E-state index in [0.717, 1.165) is 44.9 Å². The van der Waals surface area contributed by atoms with Gasteiger partial charge in [0.2, 0.25) is 0 Å². The summed E-state index contributed by atoms with van der Waals surface area (Å²) in [6.45, 7) is 0. The molecule has 0 radical (unpaired) electrons. The molecule has 0 aliphatic heterocycles. The van der Waals surface area contributed by atoms with E-state index in [1.165, 1.54) is 49.4 Å². The van der Waals surface area contributed by atoms with Crippen LogP contribution in [0.4, 0.5) is 17.1 Å². The molecule has 0 N–H and O–H groups in total. The molecule has 1 aromatic heterocycles. The van der Waals surface area contributed by atoms with Crippen molar-refractivity contribution in [3.8, 4) is 44.7 Å². The summed E-state index contributed by atoms with van der Waals surface area (Å²) in [6.07, 6.45) is 0. The van der Waals surface area contributed by atoms with Crippen LogP contribution in [0.2, 0.25) is 0 Å². The molecule has 10 aromatic rings. The van der Waals surface area contributed by atoms with Gasteiger partial charge in [-0.2, -0.15) is 0 Å². The zero-order valence-corrected chi connectivity index (χ0v) is 29.6. The molecular weight excluding hydrogens is 655 g/mol. The second-order valence-electron chi connectivity index (χ2n) is 13.8. The van der Waals surface area contributed by atoms with Gasteiger partial charge < -0.3 is 9.32 Å². The lowest BCUT2D eigenvalue weighted by Crippen LogP contribution is -2.09. The van der Waals surface area contributed by atoms with Crippen LogP contribution in [-0.4, -0.2) is 0 Å². The first kappa shape index (κ1) is 31.6. The van der Waals surface area contributed by atoms with E-state index in [9.17, 15) is 0 Å². The average molecular weight is 690 g/mol. The molecule has 254 valence electrons. The number of fused-ring (bicyclic) bond motifs is 4. The molecule has 0 saturated heterocycles. The Morgan fingerprint density at radius 3 is 1.48 bits per heavy atom. The molecule has 0 bridgehead atoms. The number of furan rings is 1. The SMILES string of the molecule is c1ccc(-c2ccc(N(c3ccc(-c4ccc(-c5cccc(-c6cc7ccccc7o6)c5)cc4)cc3)c3ccc4c(ccc5ccccc54)c3)cc2)cc1. The minimum Gasteiger partial charge on any atom is -0.456 e. The van der Waals surface area contributed by atoms with Crippen LogP contribution in [-0.2, 0) is 0 Å². The van der Waals surface area contributed by atoms with Crippen molar-refractivity contribution in [2.45, 2.75) is 0 Å². The first-order chi connectivity index (χ1) is 26.7. The average Bonchev–Trinajstić information content (AvgIpc) is 3.69. The minimum absolute atomic E-state index is 0.883. The Morgan fingerprint density at radius 1 is 0.278 bits per heavy atom. The molecule has 2 nitrogen and oxygen atoms in total. The first-order valence-corrected chi connectivity index (χ1v) is 18.4. The second kappa shape index (κ2) is 13.4. The van der Waals surface area contributed by atoms with E-state index < -0.39 is 0 Å². The summed E-state index contributed by atoms with van der Waals surface area (Å²) in [5.74, 6) is 0.883. The van der Waals surface area contributed by atoms with Crippen molar-refractivity contribution in [1.29, 1.82) is 0 Å². The monoisotopic (exact) mass is 689 g/mol. The Bertz CT molecular complexity index is 2870. The molecule has 0 atom stereocenters. The lowest BCUT2D eigenvalue weighted by molar-refractivity contribution is 0.631. The maximum absolute atomic E-state index is 6.16. The van der Waals surface area contributed by atoms with Gasteiger partial charge in [-0.05, 0) is 110 Å². The van der Waals surface area contributed by atoms with Crippen LogP contribution < -0.4 is 4.90 Å². The summed E-state index contributed by atoms with van der Waals surface area (Å²) in [7, 11) is 0. The van der Waals surface area contributed by atoms with Crippen LogP contribution in [0.3, 0.4) is 0 Å². The molecule has 0 unspecified atom stereocenters. The zero-order chi connectivity index (χ0) is 35.8. The Kier molecular flexibility index (Phi) is 7.85. The highest BCUT2D eigenvalue weighted by Gasteiger charge is 2.15. The number of hydrogen-bond donors (Lipinski definition) is 0. The third-order valence-electron chi connectivity index (χ3n) is 10.5. The van der Waals surface area contributed by atoms with Gasteiger partial charge >= 0.3 is 0 Å². The molecular formula is C52H35NO. The van der Waals surface area contributed by atoms with Gasteiger partial charge in [0.05, 0.1) is 0 Å². The zero-order valence-electron chi connectivity index (χ0n) is 29.6. The number of hydrogen-bond acceptors (Lipinski definition) is 2. The summed E-state index contributed by atoms with van der Waals surface area (Å²) in [4.78, 5) is 2.35. The van der Waals surface area contributed by atoms with Crippen LogP contribution in [0, 0.1) is 0 Å². The molecule has 0 fully saturated rings. The van der Waals surface area contributed by atoms with E-state index in [1.54, 1.807) is 0 Å². The lowest BCUT2D eigenvalue weighted by atomic mass is 9.98. The van der Waals surface area contributed by atoms with Gasteiger partial charge in [-0.3, -0.25) is 0 Å². The molecule has 1 heterocycles. The number of nitrogens with zero attached hydrogens (tertiary/aromatic N) is 1. The standard InChI is InChI=1S/C52H35NO/c1-2-9-36(10-3-1)38-23-27-46(28-24-38)53(48-31-32-50-43(34-48)22-21-41-11-4-6-15-49(41)50)47-29-25-39(26-30-47)37-17-19-40(20-18-37)42-13-8-14-44(33-42)52-35-45-12-5-7-16-51(45)54-52/h1-35H. The van der Waals surface area contributed by atoms with Crippen LogP contribution in [0.5, 0.6) is 0 Å². The molecule has 0 aliphatic carbocycles. The minimum atomic E-state index is 0.883. The fourth-order valence-corrected chi connectivity index (χ4v) is 7.65. The van der Waals surface area contributed by atoms with Crippen molar-refractivity contribution in [1.82, 2.24) is 0 Å². The summed E-state index contributed by atoms with van der Waals surface area (Å²) in [5, 5.41) is 6.12. The van der Waals surface area contributed by atoms with Crippen LogP contribution in [0.1, 0.15) is 0 Å². The predicted octanol–water partition coefficient (Wildman–Crippen LogP) is 14.9. The van der Waals surface area contributed by atoms with Gasteiger partial charge in [-0.25, -0.2) is 0 Å². The van der Waals surface area contributed by atoms with E-state index in [0.29, 0.717) is 0 Å². The Hall–Kier alpha value is -7.16. The first-order valence-electron chi connectivity index (χ1n) is 18.4. The number of rotatable bonds is 7. The van der Waals surface area contributed by atoms with E-state index in [-0.39, 0.29) is 0 Å². The molecule has 0 amide bonds. The highest BCUT2D eigenvalue weighted by Crippen LogP contribution is 2.39. The summed E-state index contributed by atoms with van der Waals surface area (Å²) < 4.78 is 6.16. The third-order valence-corrected chi connectivity index (χ3v) is 10.5. The van der Waals surface area contributed by atoms with Crippen molar-refractivity contribution in [3.05, 3.63) is 212 Å². The summed E-state index contributed by atoms with van der Waals surface area (Å²) in [5.41, 5.74) is 12.4. The van der Waals surface area contributed by atoms with E-state index in [2.05, 4.69) is 199 Å². The van der Waals surface area contributed by atoms with Gasteiger partial charge in [0.25, 0.3) is 0 Å². The summed E-state index contributed by atoms with van der Waals surface area (Å²) >= 11 is 0. The Balaban J connectivity index is 0.972. The molecule has 0 aliphatic rings. The van der Waals surface area contributed by atoms with Crippen molar-refractivity contribution < 1.29 is 4.42 Å². The molecule has 2 heteroatoms. The smallest absolute Gasteiger partial charge is 0.135 e. The topological polar surface area (TPSA) is 16.4 Å². The van der Waals surface area contributed by atoms with Crippen LogP contribution >= 0.6 is 0 Å². The fraction of sp³-hybridized carbons (Fsp3) is 0. The quantitative estimate of drug-likeness (QED) is 0.155. The normalized spacial score (nSPS) is 11.3.